The van der Waals surface area contributed by atoms with Gasteiger partial charge in [0.25, 0.3) is 0 Å². The van der Waals surface area contributed by atoms with E-state index < -0.39 is 0 Å². The molecule has 11 rings (SSSR count). The lowest BCUT2D eigenvalue weighted by atomic mass is 10.0. The molecule has 0 aliphatic heterocycles. The molecule has 7 aromatic carbocycles. The summed E-state index contributed by atoms with van der Waals surface area (Å²) in [5, 5.41) is 7.20. The predicted octanol–water partition coefficient (Wildman–Crippen LogP) is 12.8. The zero-order chi connectivity index (χ0) is 33.5. The second kappa shape index (κ2) is 11.0. The molecule has 0 atom stereocenters. The van der Waals surface area contributed by atoms with Crippen molar-refractivity contribution in [1.82, 2.24) is 14.5 Å². The van der Waals surface area contributed by atoms with Crippen molar-refractivity contribution in [3.8, 4) is 39.6 Å². The van der Waals surface area contributed by atoms with Gasteiger partial charge < -0.3 is 8.98 Å². The highest BCUT2D eigenvalue weighted by Gasteiger charge is 2.19. The highest BCUT2D eigenvalue weighted by atomic mass is 32.1. The third-order valence-corrected chi connectivity index (χ3v) is 11.1. The van der Waals surface area contributed by atoms with Gasteiger partial charge in [0.05, 0.1) is 22.4 Å². The van der Waals surface area contributed by atoms with E-state index in [2.05, 4.69) is 138 Å². The summed E-state index contributed by atoms with van der Waals surface area (Å²) in [6, 6.07) is 57.6. The normalized spacial score (nSPS) is 11.9. The fourth-order valence-corrected chi connectivity index (χ4v) is 8.84. The second-order valence-electron chi connectivity index (χ2n) is 13.0. The van der Waals surface area contributed by atoms with Crippen LogP contribution in [0.25, 0.3) is 104 Å². The van der Waals surface area contributed by atoms with Crippen molar-refractivity contribution in [3.63, 3.8) is 0 Å². The SMILES string of the molecule is c1ccc(-c2cc(-c3cccc4oc5ccccc5c34)nc(-c3cccc(-n4c5ccccc5c5cc6sc7ccccc7c6cc54)c3)n2)cc1. The molecule has 0 radical (unpaired) electrons. The molecule has 0 bridgehead atoms. The van der Waals surface area contributed by atoms with Crippen LogP contribution in [0.1, 0.15) is 0 Å². The Hall–Kier alpha value is -6.56. The second-order valence-corrected chi connectivity index (χ2v) is 14.1. The maximum Gasteiger partial charge on any atom is 0.160 e. The lowest BCUT2D eigenvalue weighted by Crippen LogP contribution is -1.98. The number of hydrogen-bond acceptors (Lipinski definition) is 4. The molecule has 0 saturated heterocycles. The van der Waals surface area contributed by atoms with Gasteiger partial charge in [0.2, 0.25) is 0 Å². The van der Waals surface area contributed by atoms with Crippen molar-refractivity contribution in [1.29, 1.82) is 0 Å². The molecule has 0 spiro atoms. The van der Waals surface area contributed by atoms with Crippen molar-refractivity contribution >= 4 is 75.3 Å². The van der Waals surface area contributed by atoms with Gasteiger partial charge in [-0.2, -0.15) is 0 Å². The minimum absolute atomic E-state index is 0.671. The number of aromatic nitrogens is 3. The molecule has 0 amide bonds. The lowest BCUT2D eigenvalue weighted by molar-refractivity contribution is 0.669. The van der Waals surface area contributed by atoms with Crippen LogP contribution in [0.3, 0.4) is 0 Å². The number of rotatable bonds is 4. The molecule has 0 aliphatic carbocycles. The van der Waals surface area contributed by atoms with Crippen LogP contribution < -0.4 is 0 Å². The van der Waals surface area contributed by atoms with Crippen LogP contribution in [0.15, 0.2) is 168 Å². The standard InChI is InChI=1S/C46H27N3OS/c1-2-12-28(13-3-1)37-27-38(33-19-11-22-42-45(33)34-18-5-8-21-41(34)50-42)48-46(47-37)29-14-10-15-30(24-29)49-39-20-7-4-16-31(39)35-26-44-36(25-40(35)49)32-17-6-9-23-43(32)51-44/h1-27H. The summed E-state index contributed by atoms with van der Waals surface area (Å²) in [4.78, 5) is 10.5. The Labute approximate surface area is 296 Å². The van der Waals surface area contributed by atoms with Crippen LogP contribution in [-0.2, 0) is 0 Å². The summed E-state index contributed by atoms with van der Waals surface area (Å²) in [5.74, 6) is 0.671. The van der Waals surface area contributed by atoms with Gasteiger partial charge in [0.1, 0.15) is 11.2 Å². The summed E-state index contributed by atoms with van der Waals surface area (Å²) >= 11 is 1.86. The summed E-state index contributed by atoms with van der Waals surface area (Å²) < 4.78 is 11.3. The highest BCUT2D eigenvalue weighted by Crippen LogP contribution is 2.41. The Morgan fingerprint density at radius 2 is 1.18 bits per heavy atom. The Kier molecular flexibility index (Phi) is 6.09. The van der Waals surface area contributed by atoms with Crippen molar-refractivity contribution in [2.75, 3.05) is 0 Å². The van der Waals surface area contributed by atoms with Gasteiger partial charge in [-0.25, -0.2) is 9.97 Å². The fourth-order valence-electron chi connectivity index (χ4n) is 7.71. The molecule has 0 aliphatic rings. The first-order valence-electron chi connectivity index (χ1n) is 17.1. The van der Waals surface area contributed by atoms with Gasteiger partial charge in [-0.05, 0) is 54.6 Å². The number of nitrogens with zero attached hydrogens (tertiary/aromatic N) is 3. The Morgan fingerprint density at radius 3 is 2.10 bits per heavy atom. The number of benzene rings is 7. The maximum atomic E-state index is 6.27. The van der Waals surface area contributed by atoms with E-state index in [0.29, 0.717) is 5.82 Å². The number of para-hydroxylation sites is 2. The molecule has 0 N–H and O–H groups in total. The number of hydrogen-bond donors (Lipinski definition) is 0. The Morgan fingerprint density at radius 1 is 0.451 bits per heavy atom. The minimum atomic E-state index is 0.671. The Bertz CT molecular complexity index is 3150. The summed E-state index contributed by atoms with van der Waals surface area (Å²) in [7, 11) is 0. The summed E-state index contributed by atoms with van der Waals surface area (Å²) in [6.45, 7) is 0. The smallest absolute Gasteiger partial charge is 0.160 e. The summed E-state index contributed by atoms with van der Waals surface area (Å²) in [5.41, 5.74) is 9.85. The molecule has 0 unspecified atom stereocenters. The van der Waals surface area contributed by atoms with Crippen LogP contribution in [0.4, 0.5) is 0 Å². The molecule has 0 saturated carbocycles. The zero-order valence-electron chi connectivity index (χ0n) is 27.2. The van der Waals surface area contributed by atoms with Crippen LogP contribution in [0.5, 0.6) is 0 Å². The van der Waals surface area contributed by atoms with Crippen molar-refractivity contribution in [3.05, 3.63) is 164 Å². The van der Waals surface area contributed by atoms with Crippen molar-refractivity contribution < 1.29 is 4.42 Å². The van der Waals surface area contributed by atoms with Gasteiger partial charge in [0.15, 0.2) is 5.82 Å². The van der Waals surface area contributed by atoms with Gasteiger partial charge in [-0.15, -0.1) is 11.3 Å². The minimum Gasteiger partial charge on any atom is -0.456 e. The largest absolute Gasteiger partial charge is 0.456 e. The number of thiophene rings is 1. The van der Waals surface area contributed by atoms with E-state index >= 15 is 0 Å². The molecule has 4 aromatic heterocycles. The van der Waals surface area contributed by atoms with E-state index in [1.165, 1.54) is 42.0 Å². The molecule has 238 valence electrons. The molecule has 5 heteroatoms. The van der Waals surface area contributed by atoms with Gasteiger partial charge in [0, 0.05) is 64.1 Å². The van der Waals surface area contributed by atoms with E-state index in [9.17, 15) is 0 Å². The van der Waals surface area contributed by atoms with E-state index in [1.807, 2.05) is 41.7 Å². The lowest BCUT2D eigenvalue weighted by Gasteiger charge is -2.12. The van der Waals surface area contributed by atoms with Crippen LogP contribution in [-0.4, -0.2) is 14.5 Å². The quantitative estimate of drug-likeness (QED) is 0.187. The van der Waals surface area contributed by atoms with Gasteiger partial charge in [-0.3, -0.25) is 0 Å². The van der Waals surface area contributed by atoms with E-state index in [0.717, 1.165) is 55.7 Å². The van der Waals surface area contributed by atoms with Crippen LogP contribution >= 0.6 is 11.3 Å². The van der Waals surface area contributed by atoms with Crippen LogP contribution in [0.2, 0.25) is 0 Å². The monoisotopic (exact) mass is 669 g/mol. The third-order valence-electron chi connectivity index (χ3n) is 10.0. The van der Waals surface area contributed by atoms with Crippen molar-refractivity contribution in [2.45, 2.75) is 0 Å². The molecule has 0 fully saturated rings. The van der Waals surface area contributed by atoms with Crippen molar-refractivity contribution in [2.24, 2.45) is 0 Å². The fraction of sp³-hybridized carbons (Fsp3) is 0. The average Bonchev–Trinajstić information content (AvgIpc) is 3.86. The molecular weight excluding hydrogens is 643 g/mol. The van der Waals surface area contributed by atoms with E-state index in [1.54, 1.807) is 0 Å². The first-order chi connectivity index (χ1) is 25.3. The first-order valence-corrected chi connectivity index (χ1v) is 17.9. The molecule has 4 nitrogen and oxygen atoms in total. The zero-order valence-corrected chi connectivity index (χ0v) is 28.1. The first kappa shape index (κ1) is 28.3. The molecule has 51 heavy (non-hydrogen) atoms. The van der Waals surface area contributed by atoms with Crippen LogP contribution in [0, 0.1) is 0 Å². The average molecular weight is 670 g/mol. The summed E-state index contributed by atoms with van der Waals surface area (Å²) in [6.07, 6.45) is 0. The van der Waals surface area contributed by atoms with Gasteiger partial charge >= 0.3 is 0 Å². The highest BCUT2D eigenvalue weighted by molar-refractivity contribution is 7.25. The number of furan rings is 1. The molecule has 4 heterocycles. The van der Waals surface area contributed by atoms with Gasteiger partial charge in [-0.1, -0.05) is 109 Å². The maximum absolute atomic E-state index is 6.27. The third kappa shape index (κ3) is 4.38. The topological polar surface area (TPSA) is 43.9 Å². The Balaban J connectivity index is 1.15. The molecule has 11 aromatic rings. The van der Waals surface area contributed by atoms with E-state index in [-0.39, 0.29) is 0 Å². The van der Waals surface area contributed by atoms with E-state index in [4.69, 9.17) is 14.4 Å². The predicted molar refractivity (Wildman–Crippen MR) is 213 cm³/mol. The number of fused-ring (bicyclic) bond motifs is 9. The molecular formula is C46H27N3OS.